The second kappa shape index (κ2) is 6.38. The van der Waals surface area contributed by atoms with Crippen molar-refractivity contribution in [1.82, 2.24) is 9.80 Å². The zero-order valence-corrected chi connectivity index (χ0v) is 14.1. The van der Waals surface area contributed by atoms with Crippen LogP contribution < -0.4 is 0 Å². The van der Waals surface area contributed by atoms with Gasteiger partial charge in [0.25, 0.3) is 5.91 Å². The number of amides is 2. The number of aliphatic carboxylic acids is 1. The van der Waals surface area contributed by atoms with E-state index < -0.39 is 17.4 Å². The monoisotopic (exact) mass is 346 g/mol. The van der Waals surface area contributed by atoms with Gasteiger partial charge < -0.3 is 20.0 Å². The number of carbonyl (C=O) groups excluding carboxylic acids is 2. The summed E-state index contributed by atoms with van der Waals surface area (Å²) in [5.74, 6) is -1.58. The first-order valence-electron chi connectivity index (χ1n) is 8.45. The molecule has 0 spiro atoms. The maximum Gasteiger partial charge on any atom is 0.311 e. The lowest BCUT2D eigenvalue weighted by Gasteiger charge is -2.28. The van der Waals surface area contributed by atoms with Crippen LogP contribution in [0.2, 0.25) is 0 Å². The van der Waals surface area contributed by atoms with Crippen molar-refractivity contribution in [1.29, 1.82) is 0 Å². The molecule has 7 nitrogen and oxygen atoms in total. The van der Waals surface area contributed by atoms with E-state index in [9.17, 15) is 24.6 Å². The Morgan fingerprint density at radius 2 is 1.92 bits per heavy atom. The molecule has 2 saturated heterocycles. The van der Waals surface area contributed by atoms with E-state index in [0.29, 0.717) is 32.4 Å². The molecule has 25 heavy (non-hydrogen) atoms. The zero-order valence-electron chi connectivity index (χ0n) is 14.1. The van der Waals surface area contributed by atoms with Crippen LogP contribution in [0, 0.1) is 5.41 Å². The minimum absolute atomic E-state index is 0.106. The van der Waals surface area contributed by atoms with Crippen LogP contribution in [0.25, 0.3) is 0 Å². The maximum absolute atomic E-state index is 12.9. The van der Waals surface area contributed by atoms with Crippen molar-refractivity contribution in [2.45, 2.75) is 32.2 Å². The second-order valence-electron chi connectivity index (χ2n) is 7.05. The number of hydrogen-bond acceptors (Lipinski definition) is 4. The van der Waals surface area contributed by atoms with Gasteiger partial charge >= 0.3 is 5.97 Å². The first kappa shape index (κ1) is 17.3. The molecule has 0 radical (unpaired) electrons. The lowest BCUT2D eigenvalue weighted by atomic mass is 9.90. The van der Waals surface area contributed by atoms with Gasteiger partial charge in [-0.2, -0.15) is 0 Å². The molecule has 2 N–H and O–H groups in total. The standard InChI is InChI=1S/C18H22N2O5/c1-18(17(24)25)8-10-19(11-18)16(23)13-6-4-9-20(13)15(22)12-5-2-3-7-14(12)21/h2-3,5,7,13,21H,4,6,8-11H2,1H3,(H,24,25). The van der Waals surface area contributed by atoms with E-state index in [-0.39, 0.29) is 29.7 Å². The van der Waals surface area contributed by atoms with Crippen LogP contribution in [-0.2, 0) is 9.59 Å². The van der Waals surface area contributed by atoms with Gasteiger partial charge in [0.1, 0.15) is 11.8 Å². The summed E-state index contributed by atoms with van der Waals surface area (Å²) in [7, 11) is 0. The lowest BCUT2D eigenvalue weighted by molar-refractivity contribution is -0.147. The minimum atomic E-state index is -0.930. The van der Waals surface area contributed by atoms with Crippen molar-refractivity contribution in [2.24, 2.45) is 5.41 Å². The number of likely N-dealkylation sites (tertiary alicyclic amines) is 2. The topological polar surface area (TPSA) is 98.2 Å². The summed E-state index contributed by atoms with van der Waals surface area (Å²) in [6.07, 6.45) is 1.67. The van der Waals surface area contributed by atoms with Crippen LogP contribution in [0.5, 0.6) is 5.75 Å². The van der Waals surface area contributed by atoms with Crippen molar-refractivity contribution in [3.05, 3.63) is 29.8 Å². The Labute approximate surface area is 145 Å². The summed E-state index contributed by atoms with van der Waals surface area (Å²) in [4.78, 5) is 40.0. The normalized spacial score (nSPS) is 26.0. The molecule has 2 atom stereocenters. The fourth-order valence-corrected chi connectivity index (χ4v) is 3.61. The SMILES string of the molecule is CC1(C(=O)O)CCN(C(=O)C2CCCN2C(=O)c2ccccc2O)C1. The molecule has 2 heterocycles. The van der Waals surface area contributed by atoms with Gasteiger partial charge in [0.2, 0.25) is 5.91 Å². The highest BCUT2D eigenvalue weighted by Crippen LogP contribution is 2.32. The number of carbonyl (C=O) groups is 3. The number of para-hydroxylation sites is 1. The number of carboxylic acids is 1. The Bertz CT molecular complexity index is 719. The number of phenolic OH excluding ortho intramolecular Hbond substituents is 1. The van der Waals surface area contributed by atoms with E-state index >= 15 is 0 Å². The molecular formula is C18H22N2O5. The van der Waals surface area contributed by atoms with Gasteiger partial charge in [0.05, 0.1) is 11.0 Å². The predicted octanol–water partition coefficient (Wildman–Crippen LogP) is 1.32. The summed E-state index contributed by atoms with van der Waals surface area (Å²) in [6, 6.07) is 5.69. The van der Waals surface area contributed by atoms with Crippen LogP contribution in [0.1, 0.15) is 36.5 Å². The van der Waals surface area contributed by atoms with E-state index in [0.717, 1.165) is 0 Å². The summed E-state index contributed by atoms with van der Waals surface area (Å²) >= 11 is 0. The third kappa shape index (κ3) is 3.06. The van der Waals surface area contributed by atoms with Crippen LogP contribution in [0.15, 0.2) is 24.3 Å². The van der Waals surface area contributed by atoms with Crippen LogP contribution in [0.3, 0.4) is 0 Å². The van der Waals surface area contributed by atoms with E-state index in [1.165, 1.54) is 17.0 Å². The molecule has 7 heteroatoms. The maximum atomic E-state index is 12.9. The summed E-state index contributed by atoms with van der Waals surface area (Å²) < 4.78 is 0. The Balaban J connectivity index is 1.76. The van der Waals surface area contributed by atoms with Crippen molar-refractivity contribution >= 4 is 17.8 Å². The molecule has 2 aliphatic heterocycles. The quantitative estimate of drug-likeness (QED) is 0.860. The van der Waals surface area contributed by atoms with E-state index in [2.05, 4.69) is 0 Å². The van der Waals surface area contributed by atoms with Gasteiger partial charge in [-0.3, -0.25) is 14.4 Å². The Morgan fingerprint density at radius 3 is 2.56 bits per heavy atom. The van der Waals surface area contributed by atoms with Gasteiger partial charge in [-0.25, -0.2) is 0 Å². The molecule has 2 fully saturated rings. The van der Waals surface area contributed by atoms with Crippen LogP contribution in [0.4, 0.5) is 0 Å². The summed E-state index contributed by atoms with van der Waals surface area (Å²) in [5.41, 5.74) is -0.750. The Hall–Kier alpha value is -2.57. The highest BCUT2D eigenvalue weighted by atomic mass is 16.4. The first-order chi connectivity index (χ1) is 11.8. The summed E-state index contributed by atoms with van der Waals surface area (Å²) in [5, 5.41) is 19.2. The highest BCUT2D eigenvalue weighted by Gasteiger charge is 2.45. The minimum Gasteiger partial charge on any atom is -0.507 e. The largest absolute Gasteiger partial charge is 0.507 e. The molecule has 0 aromatic heterocycles. The fraction of sp³-hybridized carbons (Fsp3) is 0.500. The first-order valence-corrected chi connectivity index (χ1v) is 8.45. The average Bonchev–Trinajstić information content (AvgIpc) is 3.22. The highest BCUT2D eigenvalue weighted by molar-refractivity contribution is 6.00. The van der Waals surface area contributed by atoms with Gasteiger partial charge in [-0.1, -0.05) is 12.1 Å². The number of nitrogens with zero attached hydrogens (tertiary/aromatic N) is 2. The molecule has 0 aliphatic carbocycles. The molecule has 3 rings (SSSR count). The van der Waals surface area contributed by atoms with Gasteiger partial charge in [0.15, 0.2) is 0 Å². The molecule has 0 bridgehead atoms. The summed E-state index contributed by atoms with van der Waals surface area (Å²) in [6.45, 7) is 2.64. The fourth-order valence-electron chi connectivity index (χ4n) is 3.61. The van der Waals surface area contributed by atoms with Gasteiger partial charge in [0, 0.05) is 19.6 Å². The number of phenols is 1. The molecule has 2 amide bonds. The molecular weight excluding hydrogens is 324 g/mol. The van der Waals surface area contributed by atoms with Crippen molar-refractivity contribution in [3.8, 4) is 5.75 Å². The van der Waals surface area contributed by atoms with Crippen molar-refractivity contribution in [2.75, 3.05) is 19.6 Å². The number of rotatable bonds is 3. The van der Waals surface area contributed by atoms with E-state index in [4.69, 9.17) is 0 Å². The smallest absolute Gasteiger partial charge is 0.311 e. The molecule has 2 aliphatic rings. The Morgan fingerprint density at radius 1 is 1.20 bits per heavy atom. The third-order valence-electron chi connectivity index (χ3n) is 5.23. The van der Waals surface area contributed by atoms with Crippen LogP contribution in [-0.4, -0.2) is 63.5 Å². The molecule has 1 aromatic rings. The van der Waals surface area contributed by atoms with Crippen LogP contribution >= 0.6 is 0 Å². The third-order valence-corrected chi connectivity index (χ3v) is 5.23. The van der Waals surface area contributed by atoms with Gasteiger partial charge in [-0.05, 0) is 38.3 Å². The molecule has 2 unspecified atom stereocenters. The van der Waals surface area contributed by atoms with Crippen molar-refractivity contribution < 1.29 is 24.6 Å². The van der Waals surface area contributed by atoms with E-state index in [1.54, 1.807) is 24.0 Å². The Kier molecular flexibility index (Phi) is 4.41. The van der Waals surface area contributed by atoms with E-state index in [1.807, 2.05) is 0 Å². The number of aromatic hydroxyl groups is 1. The lowest BCUT2D eigenvalue weighted by Crippen LogP contribution is -2.48. The predicted molar refractivity (Wildman–Crippen MR) is 89.1 cm³/mol. The van der Waals surface area contributed by atoms with Gasteiger partial charge in [-0.15, -0.1) is 0 Å². The average molecular weight is 346 g/mol. The van der Waals surface area contributed by atoms with Crippen molar-refractivity contribution in [3.63, 3.8) is 0 Å². The molecule has 1 aromatic carbocycles. The number of carboxylic acid groups (broad SMARTS) is 1. The zero-order chi connectivity index (χ0) is 18.2. The molecule has 0 saturated carbocycles. The number of hydrogen-bond donors (Lipinski definition) is 2. The molecule has 134 valence electrons. The number of benzene rings is 1. The second-order valence-corrected chi connectivity index (χ2v) is 7.05.